The Kier molecular flexibility index (Phi) is 4.25. The number of rotatable bonds is 4. The van der Waals surface area contributed by atoms with Crippen LogP contribution in [0.1, 0.15) is 18.1 Å². The molecule has 0 aliphatic carbocycles. The van der Waals surface area contributed by atoms with Crippen LogP contribution in [0, 0.1) is 0 Å². The molecule has 0 fully saturated rings. The molecule has 0 saturated carbocycles. The number of aromatic amines is 2. The third kappa shape index (κ3) is 3.01. The Morgan fingerprint density at radius 3 is 2.60 bits per heavy atom. The number of nitrogens with one attached hydrogen (secondary N) is 2. The van der Waals surface area contributed by atoms with Gasteiger partial charge in [0.05, 0.1) is 11.7 Å². The number of hydrogen-bond donors (Lipinski definition) is 4. The number of halogens is 1. The summed E-state index contributed by atoms with van der Waals surface area (Å²) in [5.41, 5.74) is -1.39. The molecule has 0 amide bonds. The Balaban J connectivity index is 2.96. The molecular weight excluding hydrogens is 268 g/mol. The van der Waals surface area contributed by atoms with Crippen molar-refractivity contribution in [3.63, 3.8) is 0 Å². The van der Waals surface area contributed by atoms with Gasteiger partial charge in [0.15, 0.2) is 0 Å². The largest absolute Gasteiger partial charge is 0.390 e. The highest BCUT2D eigenvalue weighted by Crippen LogP contribution is 2.14. The van der Waals surface area contributed by atoms with Crippen molar-refractivity contribution < 1.29 is 10.2 Å². The van der Waals surface area contributed by atoms with E-state index in [1.54, 1.807) is 0 Å². The first-order chi connectivity index (χ1) is 7.06. The lowest BCUT2D eigenvalue weighted by Crippen LogP contribution is -2.30. The van der Waals surface area contributed by atoms with E-state index in [4.69, 9.17) is 0 Å². The molecule has 2 unspecified atom stereocenters. The summed E-state index contributed by atoms with van der Waals surface area (Å²) in [6, 6.07) is 0. The van der Waals surface area contributed by atoms with Gasteiger partial charge in [-0.1, -0.05) is 15.9 Å². The van der Waals surface area contributed by atoms with Crippen molar-refractivity contribution in [2.45, 2.75) is 18.6 Å². The Morgan fingerprint density at radius 2 is 2.07 bits per heavy atom. The second-order valence-corrected chi connectivity index (χ2v) is 3.81. The third-order valence-electron chi connectivity index (χ3n) is 1.94. The molecule has 0 aromatic carbocycles. The van der Waals surface area contributed by atoms with E-state index < -0.39 is 23.5 Å². The van der Waals surface area contributed by atoms with Crippen molar-refractivity contribution in [3.8, 4) is 0 Å². The van der Waals surface area contributed by atoms with E-state index in [1.807, 2.05) is 4.98 Å². The molecule has 84 valence electrons. The molecule has 0 saturated heterocycles. The standard InChI is InChI=1S/C8H11BrN2O4/c9-2-1-5(12)6(13)4-3-10-8(15)11-7(4)14/h3,5-6,12-13H,1-2H2,(H2,10,11,14,15). The topological polar surface area (TPSA) is 106 Å². The summed E-state index contributed by atoms with van der Waals surface area (Å²) in [7, 11) is 0. The maximum Gasteiger partial charge on any atom is 0.325 e. The van der Waals surface area contributed by atoms with Crippen LogP contribution in [0.2, 0.25) is 0 Å². The van der Waals surface area contributed by atoms with Gasteiger partial charge in [-0.2, -0.15) is 0 Å². The van der Waals surface area contributed by atoms with Gasteiger partial charge in [0.1, 0.15) is 6.10 Å². The number of aliphatic hydroxyl groups is 2. The van der Waals surface area contributed by atoms with E-state index in [-0.39, 0.29) is 5.56 Å². The van der Waals surface area contributed by atoms with Crippen LogP contribution in [0.15, 0.2) is 15.8 Å². The van der Waals surface area contributed by atoms with Crippen LogP contribution in [0.3, 0.4) is 0 Å². The van der Waals surface area contributed by atoms with Gasteiger partial charge in [0.25, 0.3) is 5.56 Å². The predicted octanol–water partition coefficient (Wildman–Crippen LogP) is -0.758. The van der Waals surface area contributed by atoms with Crippen LogP contribution in [0.5, 0.6) is 0 Å². The maximum atomic E-state index is 11.2. The summed E-state index contributed by atoms with van der Waals surface area (Å²) in [6.45, 7) is 0. The Labute approximate surface area is 93.1 Å². The Bertz CT molecular complexity index is 427. The van der Waals surface area contributed by atoms with E-state index in [2.05, 4.69) is 20.9 Å². The molecule has 0 bridgehead atoms. The predicted molar refractivity (Wildman–Crippen MR) is 57.1 cm³/mol. The SMILES string of the molecule is O=c1[nH]cc(C(O)C(O)CCBr)c(=O)[nH]1. The van der Waals surface area contributed by atoms with Gasteiger partial charge in [-0.3, -0.25) is 9.78 Å². The molecule has 1 aromatic heterocycles. The molecule has 6 nitrogen and oxygen atoms in total. The van der Waals surface area contributed by atoms with Crippen molar-refractivity contribution in [1.82, 2.24) is 9.97 Å². The highest BCUT2D eigenvalue weighted by atomic mass is 79.9. The van der Waals surface area contributed by atoms with Crippen molar-refractivity contribution in [1.29, 1.82) is 0 Å². The molecule has 4 N–H and O–H groups in total. The second kappa shape index (κ2) is 5.24. The quantitative estimate of drug-likeness (QED) is 0.544. The molecule has 15 heavy (non-hydrogen) atoms. The molecule has 1 heterocycles. The highest BCUT2D eigenvalue weighted by Gasteiger charge is 2.20. The number of hydrogen-bond acceptors (Lipinski definition) is 4. The second-order valence-electron chi connectivity index (χ2n) is 3.02. The van der Waals surface area contributed by atoms with Crippen LogP contribution in [-0.4, -0.2) is 31.6 Å². The average Bonchev–Trinajstić information content (AvgIpc) is 2.17. The molecule has 7 heteroatoms. The summed E-state index contributed by atoms with van der Waals surface area (Å²) in [6.07, 6.45) is -0.942. The van der Waals surface area contributed by atoms with Gasteiger partial charge >= 0.3 is 5.69 Å². The average molecular weight is 279 g/mol. The fraction of sp³-hybridized carbons (Fsp3) is 0.500. The summed E-state index contributed by atoms with van der Waals surface area (Å²) < 4.78 is 0. The monoisotopic (exact) mass is 278 g/mol. The molecule has 1 aromatic rings. The molecule has 0 aliphatic rings. The first kappa shape index (κ1) is 12.2. The van der Waals surface area contributed by atoms with Crippen molar-refractivity contribution in [3.05, 3.63) is 32.6 Å². The van der Waals surface area contributed by atoms with Crippen LogP contribution < -0.4 is 11.2 Å². The minimum atomic E-state index is -1.30. The smallest absolute Gasteiger partial charge is 0.325 e. The number of alkyl halides is 1. The van der Waals surface area contributed by atoms with E-state index >= 15 is 0 Å². The van der Waals surface area contributed by atoms with Crippen molar-refractivity contribution in [2.24, 2.45) is 0 Å². The fourth-order valence-electron chi connectivity index (χ4n) is 1.12. The van der Waals surface area contributed by atoms with Crippen LogP contribution in [0.4, 0.5) is 0 Å². The third-order valence-corrected chi connectivity index (χ3v) is 2.39. The molecule has 0 radical (unpaired) electrons. The highest BCUT2D eigenvalue weighted by molar-refractivity contribution is 9.09. The summed E-state index contributed by atoms with van der Waals surface area (Å²) in [5.74, 6) is 0. The van der Waals surface area contributed by atoms with E-state index in [0.717, 1.165) is 6.20 Å². The summed E-state index contributed by atoms with van der Waals surface area (Å²) in [5, 5.41) is 19.5. The molecular formula is C8H11BrN2O4. The lowest BCUT2D eigenvalue weighted by atomic mass is 10.1. The van der Waals surface area contributed by atoms with Gasteiger partial charge in [-0.15, -0.1) is 0 Å². The minimum absolute atomic E-state index is 0.0527. The molecule has 2 atom stereocenters. The van der Waals surface area contributed by atoms with Gasteiger partial charge in [0.2, 0.25) is 0 Å². The van der Waals surface area contributed by atoms with Gasteiger partial charge in [-0.05, 0) is 6.42 Å². The summed E-state index contributed by atoms with van der Waals surface area (Å²) in [4.78, 5) is 26.1. The maximum absolute atomic E-state index is 11.2. The molecule has 1 rings (SSSR count). The van der Waals surface area contributed by atoms with Crippen LogP contribution in [-0.2, 0) is 0 Å². The lowest BCUT2D eigenvalue weighted by molar-refractivity contribution is 0.0162. The Morgan fingerprint density at radius 1 is 1.40 bits per heavy atom. The van der Waals surface area contributed by atoms with Crippen molar-refractivity contribution >= 4 is 15.9 Å². The van der Waals surface area contributed by atoms with Crippen LogP contribution >= 0.6 is 15.9 Å². The first-order valence-electron chi connectivity index (χ1n) is 4.30. The van der Waals surface area contributed by atoms with Gasteiger partial charge in [0, 0.05) is 11.5 Å². The molecule has 0 spiro atoms. The number of aliphatic hydroxyl groups excluding tert-OH is 2. The summed E-state index contributed by atoms with van der Waals surface area (Å²) >= 11 is 3.11. The normalized spacial score (nSPS) is 14.9. The zero-order chi connectivity index (χ0) is 11.4. The Hall–Kier alpha value is -0.920. The van der Waals surface area contributed by atoms with E-state index in [0.29, 0.717) is 11.8 Å². The van der Waals surface area contributed by atoms with Gasteiger partial charge in [-0.25, -0.2) is 4.79 Å². The zero-order valence-electron chi connectivity index (χ0n) is 7.74. The van der Waals surface area contributed by atoms with Gasteiger partial charge < -0.3 is 15.2 Å². The first-order valence-corrected chi connectivity index (χ1v) is 5.42. The minimum Gasteiger partial charge on any atom is -0.390 e. The van der Waals surface area contributed by atoms with E-state index in [9.17, 15) is 19.8 Å². The lowest BCUT2D eigenvalue weighted by Gasteiger charge is -2.15. The molecule has 0 aliphatic heterocycles. The van der Waals surface area contributed by atoms with E-state index in [1.165, 1.54) is 0 Å². The fourth-order valence-corrected chi connectivity index (χ4v) is 1.59. The van der Waals surface area contributed by atoms with Crippen LogP contribution in [0.25, 0.3) is 0 Å². The zero-order valence-corrected chi connectivity index (χ0v) is 9.32. The number of H-pyrrole nitrogens is 2. The number of aromatic nitrogens is 2. The van der Waals surface area contributed by atoms with Crippen molar-refractivity contribution in [2.75, 3.05) is 5.33 Å².